The zero-order valence-corrected chi connectivity index (χ0v) is 12.1. The molecule has 2 aromatic heterocycles. The van der Waals surface area contributed by atoms with E-state index in [1.54, 1.807) is 0 Å². The van der Waals surface area contributed by atoms with Crippen LogP contribution >= 0.6 is 15.9 Å². The Labute approximate surface area is 110 Å². The van der Waals surface area contributed by atoms with Crippen LogP contribution in [0.3, 0.4) is 0 Å². The van der Waals surface area contributed by atoms with E-state index in [9.17, 15) is 0 Å². The minimum absolute atomic E-state index is 0.0446. The quantitative estimate of drug-likeness (QED) is 0.926. The van der Waals surface area contributed by atoms with Gasteiger partial charge in [0, 0.05) is 28.2 Å². The Bertz CT molecular complexity index is 537. The van der Waals surface area contributed by atoms with E-state index in [0.29, 0.717) is 6.54 Å². The van der Waals surface area contributed by atoms with Gasteiger partial charge in [-0.3, -0.25) is 0 Å². The Morgan fingerprint density at radius 2 is 2.06 bits per heavy atom. The van der Waals surface area contributed by atoms with Gasteiger partial charge in [-0.05, 0) is 34.6 Å². The van der Waals surface area contributed by atoms with Gasteiger partial charge in [0.1, 0.15) is 5.65 Å². The van der Waals surface area contributed by atoms with Crippen molar-refractivity contribution in [1.82, 2.24) is 9.38 Å². The van der Waals surface area contributed by atoms with E-state index in [2.05, 4.69) is 47.3 Å². The second-order valence-corrected chi connectivity index (χ2v) is 6.19. The summed E-state index contributed by atoms with van der Waals surface area (Å²) in [4.78, 5) is 4.73. The zero-order valence-electron chi connectivity index (χ0n) is 10.5. The standard InChI is InChI=1S/C13H18BrN3/c1-13(2,3)12-10(6-7-15)17-8-9(14)4-5-11(17)16-12/h4-5,8H,6-7,15H2,1-3H3. The van der Waals surface area contributed by atoms with Crippen molar-refractivity contribution >= 4 is 21.6 Å². The molecule has 92 valence electrons. The van der Waals surface area contributed by atoms with Crippen molar-refractivity contribution in [2.24, 2.45) is 5.73 Å². The predicted molar refractivity (Wildman–Crippen MR) is 74.4 cm³/mol. The number of halogens is 1. The molecule has 3 nitrogen and oxygen atoms in total. The van der Waals surface area contributed by atoms with Crippen molar-refractivity contribution in [3.8, 4) is 0 Å². The fourth-order valence-electron chi connectivity index (χ4n) is 2.04. The van der Waals surface area contributed by atoms with Gasteiger partial charge in [-0.25, -0.2) is 4.98 Å². The van der Waals surface area contributed by atoms with Crippen molar-refractivity contribution in [2.45, 2.75) is 32.6 Å². The van der Waals surface area contributed by atoms with Crippen molar-refractivity contribution in [2.75, 3.05) is 6.54 Å². The summed E-state index contributed by atoms with van der Waals surface area (Å²) in [6.07, 6.45) is 2.91. The van der Waals surface area contributed by atoms with Gasteiger partial charge in [0.05, 0.1) is 5.69 Å². The van der Waals surface area contributed by atoms with Gasteiger partial charge < -0.3 is 10.1 Å². The SMILES string of the molecule is CC(C)(C)c1nc2ccc(Br)cn2c1CCN. The molecule has 0 atom stereocenters. The lowest BCUT2D eigenvalue weighted by Crippen LogP contribution is -2.17. The number of imidazole rings is 1. The molecule has 0 saturated carbocycles. The molecule has 0 aliphatic heterocycles. The second-order valence-electron chi connectivity index (χ2n) is 5.27. The highest BCUT2D eigenvalue weighted by Gasteiger charge is 2.23. The van der Waals surface area contributed by atoms with Crippen LogP contribution in [0.2, 0.25) is 0 Å². The largest absolute Gasteiger partial charge is 0.330 e. The summed E-state index contributed by atoms with van der Waals surface area (Å²) in [5.74, 6) is 0. The number of fused-ring (bicyclic) bond motifs is 1. The Balaban J connectivity index is 2.71. The van der Waals surface area contributed by atoms with E-state index in [-0.39, 0.29) is 5.41 Å². The number of aromatic nitrogens is 2. The third-order valence-corrected chi connectivity index (χ3v) is 3.24. The Morgan fingerprint density at radius 1 is 1.35 bits per heavy atom. The van der Waals surface area contributed by atoms with Crippen LogP contribution in [0.1, 0.15) is 32.2 Å². The lowest BCUT2D eigenvalue weighted by molar-refractivity contribution is 0.563. The number of pyridine rings is 1. The lowest BCUT2D eigenvalue weighted by Gasteiger charge is -2.17. The van der Waals surface area contributed by atoms with Gasteiger partial charge in [0.25, 0.3) is 0 Å². The Hall–Kier alpha value is -0.870. The molecule has 0 unspecified atom stereocenters. The minimum Gasteiger partial charge on any atom is -0.330 e. The number of hydrogen-bond donors (Lipinski definition) is 1. The van der Waals surface area contributed by atoms with Crippen LogP contribution in [0.5, 0.6) is 0 Å². The highest BCUT2D eigenvalue weighted by Crippen LogP contribution is 2.27. The van der Waals surface area contributed by atoms with Crippen LogP contribution in [0, 0.1) is 0 Å². The molecule has 0 fully saturated rings. The first-order valence-electron chi connectivity index (χ1n) is 5.80. The molecular weight excluding hydrogens is 278 g/mol. The maximum Gasteiger partial charge on any atom is 0.137 e. The molecule has 2 N–H and O–H groups in total. The Kier molecular flexibility index (Phi) is 3.27. The molecule has 4 heteroatoms. The van der Waals surface area contributed by atoms with Crippen LogP contribution < -0.4 is 5.73 Å². The van der Waals surface area contributed by atoms with E-state index in [0.717, 1.165) is 22.2 Å². The average Bonchev–Trinajstić information content (AvgIpc) is 2.57. The zero-order chi connectivity index (χ0) is 12.6. The molecule has 17 heavy (non-hydrogen) atoms. The van der Waals surface area contributed by atoms with Crippen LogP contribution in [-0.2, 0) is 11.8 Å². The summed E-state index contributed by atoms with van der Waals surface area (Å²) in [7, 11) is 0. The van der Waals surface area contributed by atoms with Crippen molar-refractivity contribution in [1.29, 1.82) is 0 Å². The molecular formula is C13H18BrN3. The monoisotopic (exact) mass is 295 g/mol. The fraction of sp³-hybridized carbons (Fsp3) is 0.462. The summed E-state index contributed by atoms with van der Waals surface area (Å²) in [6, 6.07) is 4.04. The van der Waals surface area contributed by atoms with Crippen molar-refractivity contribution < 1.29 is 0 Å². The molecule has 0 bridgehead atoms. The highest BCUT2D eigenvalue weighted by molar-refractivity contribution is 9.10. The smallest absolute Gasteiger partial charge is 0.137 e. The summed E-state index contributed by atoms with van der Waals surface area (Å²) in [6.45, 7) is 7.20. The van der Waals surface area contributed by atoms with E-state index >= 15 is 0 Å². The summed E-state index contributed by atoms with van der Waals surface area (Å²) < 4.78 is 3.19. The van der Waals surface area contributed by atoms with Crippen molar-refractivity contribution in [3.63, 3.8) is 0 Å². The molecule has 0 aliphatic rings. The molecule has 2 aromatic rings. The molecule has 0 aromatic carbocycles. The topological polar surface area (TPSA) is 43.3 Å². The molecule has 0 aliphatic carbocycles. The molecule has 2 rings (SSSR count). The van der Waals surface area contributed by atoms with E-state index in [4.69, 9.17) is 10.7 Å². The van der Waals surface area contributed by atoms with Gasteiger partial charge in [0.2, 0.25) is 0 Å². The number of nitrogens with two attached hydrogens (primary N) is 1. The van der Waals surface area contributed by atoms with Gasteiger partial charge in [-0.2, -0.15) is 0 Å². The molecule has 2 heterocycles. The number of nitrogens with zero attached hydrogens (tertiary/aromatic N) is 2. The predicted octanol–water partition coefficient (Wildman–Crippen LogP) is 2.90. The van der Waals surface area contributed by atoms with Gasteiger partial charge in [-0.15, -0.1) is 0 Å². The van der Waals surface area contributed by atoms with E-state index in [1.165, 1.54) is 5.69 Å². The first-order chi connectivity index (χ1) is 7.93. The maximum absolute atomic E-state index is 5.71. The second kappa shape index (κ2) is 4.42. The van der Waals surface area contributed by atoms with E-state index < -0.39 is 0 Å². The van der Waals surface area contributed by atoms with Crippen LogP contribution in [0.4, 0.5) is 0 Å². The highest BCUT2D eigenvalue weighted by atomic mass is 79.9. The first kappa shape index (κ1) is 12.6. The van der Waals surface area contributed by atoms with Crippen LogP contribution in [-0.4, -0.2) is 15.9 Å². The summed E-state index contributed by atoms with van der Waals surface area (Å²) in [5.41, 5.74) is 9.10. The average molecular weight is 296 g/mol. The molecule has 0 saturated heterocycles. The maximum atomic E-state index is 5.71. The van der Waals surface area contributed by atoms with Gasteiger partial charge in [0.15, 0.2) is 0 Å². The summed E-state index contributed by atoms with van der Waals surface area (Å²) in [5, 5.41) is 0. The van der Waals surface area contributed by atoms with Crippen LogP contribution in [0.15, 0.2) is 22.8 Å². The molecule has 0 radical (unpaired) electrons. The first-order valence-corrected chi connectivity index (χ1v) is 6.60. The third kappa shape index (κ3) is 2.38. The minimum atomic E-state index is 0.0446. The normalized spacial score (nSPS) is 12.3. The number of hydrogen-bond acceptors (Lipinski definition) is 2. The Morgan fingerprint density at radius 3 is 2.65 bits per heavy atom. The molecule has 0 amide bonds. The van der Waals surface area contributed by atoms with Crippen LogP contribution in [0.25, 0.3) is 5.65 Å². The fourth-order valence-corrected chi connectivity index (χ4v) is 2.38. The van der Waals surface area contributed by atoms with Crippen molar-refractivity contribution in [3.05, 3.63) is 34.2 Å². The van der Waals surface area contributed by atoms with Gasteiger partial charge >= 0.3 is 0 Å². The molecule has 0 spiro atoms. The van der Waals surface area contributed by atoms with E-state index in [1.807, 2.05) is 12.1 Å². The lowest BCUT2D eigenvalue weighted by atomic mass is 9.90. The number of rotatable bonds is 2. The summed E-state index contributed by atoms with van der Waals surface area (Å²) >= 11 is 3.50. The third-order valence-electron chi connectivity index (χ3n) is 2.77. The van der Waals surface area contributed by atoms with Gasteiger partial charge in [-0.1, -0.05) is 20.8 Å².